The van der Waals surface area contributed by atoms with Crippen LogP contribution in [0.2, 0.25) is 0 Å². The van der Waals surface area contributed by atoms with E-state index >= 15 is 0 Å². The van der Waals surface area contributed by atoms with Gasteiger partial charge in [-0.05, 0) is 31.2 Å². The van der Waals surface area contributed by atoms with Crippen LogP contribution in [0.4, 0.5) is 0 Å². The summed E-state index contributed by atoms with van der Waals surface area (Å²) in [5.41, 5.74) is 6.76. The fourth-order valence-electron chi connectivity index (χ4n) is 3.72. The molecule has 0 aliphatic carbocycles. The van der Waals surface area contributed by atoms with E-state index in [1.807, 2.05) is 44.2 Å². The topological polar surface area (TPSA) is 142 Å². The molecule has 0 bridgehead atoms. The molecule has 0 unspecified atom stereocenters. The van der Waals surface area contributed by atoms with Crippen molar-refractivity contribution in [3.8, 4) is 0 Å². The van der Waals surface area contributed by atoms with E-state index in [4.69, 9.17) is 5.73 Å². The summed E-state index contributed by atoms with van der Waals surface area (Å²) in [4.78, 5) is 51.3. The lowest BCUT2D eigenvalue weighted by Gasteiger charge is -2.28. The predicted octanol–water partition coefficient (Wildman–Crippen LogP) is 0.668. The van der Waals surface area contributed by atoms with Gasteiger partial charge in [0.25, 0.3) is 0 Å². The molecule has 9 nitrogen and oxygen atoms in total. The summed E-state index contributed by atoms with van der Waals surface area (Å²) in [5, 5.41) is 14.8. The number of carboxylic acids is 1. The lowest BCUT2D eigenvalue weighted by Crippen LogP contribution is -2.57. The predicted molar refractivity (Wildman–Crippen MR) is 119 cm³/mol. The highest BCUT2D eigenvalue weighted by Crippen LogP contribution is 2.19. The van der Waals surface area contributed by atoms with Gasteiger partial charge < -0.3 is 26.4 Å². The highest BCUT2D eigenvalue weighted by Gasteiger charge is 2.38. The molecule has 0 radical (unpaired) electrons. The van der Waals surface area contributed by atoms with E-state index in [1.54, 1.807) is 0 Å². The number of hydrogen-bond acceptors (Lipinski definition) is 5. The van der Waals surface area contributed by atoms with Crippen LogP contribution in [0.5, 0.6) is 0 Å². The van der Waals surface area contributed by atoms with Crippen molar-refractivity contribution in [3.05, 3.63) is 35.9 Å². The monoisotopic (exact) mass is 446 g/mol. The van der Waals surface area contributed by atoms with E-state index in [9.17, 15) is 24.3 Å². The average Bonchev–Trinajstić information content (AvgIpc) is 3.27. The fraction of sp³-hybridized carbons (Fsp3) is 0.565. The molecule has 9 heteroatoms. The lowest BCUT2D eigenvalue weighted by atomic mass is 9.99. The molecule has 1 saturated heterocycles. The minimum Gasteiger partial charge on any atom is -0.480 e. The average molecular weight is 447 g/mol. The Morgan fingerprint density at radius 2 is 1.78 bits per heavy atom. The maximum atomic E-state index is 13.2. The number of nitrogens with two attached hydrogens (primary N) is 1. The van der Waals surface area contributed by atoms with Gasteiger partial charge >= 0.3 is 5.97 Å². The zero-order chi connectivity index (χ0) is 23.8. The van der Waals surface area contributed by atoms with Crippen LogP contribution in [-0.4, -0.2) is 64.4 Å². The summed E-state index contributed by atoms with van der Waals surface area (Å²) >= 11 is 0. The Hall–Kier alpha value is -2.94. The Balaban J connectivity index is 2.13. The summed E-state index contributed by atoms with van der Waals surface area (Å²) < 4.78 is 0. The van der Waals surface area contributed by atoms with Gasteiger partial charge in [-0.15, -0.1) is 0 Å². The van der Waals surface area contributed by atoms with Crippen LogP contribution in [0, 0.1) is 5.92 Å². The molecular formula is C23H34N4O5. The molecule has 1 fully saturated rings. The summed E-state index contributed by atoms with van der Waals surface area (Å²) in [6, 6.07) is 5.67. The summed E-state index contributed by atoms with van der Waals surface area (Å²) in [6.07, 6.45) is 1.91. The number of rotatable bonds is 10. The van der Waals surface area contributed by atoms with Gasteiger partial charge in [-0.2, -0.15) is 0 Å². The van der Waals surface area contributed by atoms with Gasteiger partial charge in [0, 0.05) is 13.0 Å². The standard InChI is InChI=1S/C23H34N4O5/c1-4-14(2)19(24)21(29)25-15(3)20(28)26-17(13-16-9-6-5-7-10-16)22(30)27-12-8-11-18(27)23(31)32/h5-7,9-10,14-15,17-19H,4,8,11-13,24H2,1-3H3,(H,25,29)(H,26,28)(H,31,32)/t14-,15-,17-,18-,19-/m0/s1. The van der Waals surface area contributed by atoms with Gasteiger partial charge in [-0.3, -0.25) is 14.4 Å². The third-order valence-corrected chi connectivity index (χ3v) is 6.03. The summed E-state index contributed by atoms with van der Waals surface area (Å²) in [7, 11) is 0. The Morgan fingerprint density at radius 3 is 2.38 bits per heavy atom. The van der Waals surface area contributed by atoms with E-state index in [0.29, 0.717) is 19.4 Å². The highest BCUT2D eigenvalue weighted by molar-refractivity contribution is 5.94. The number of carbonyl (C=O) groups excluding carboxylic acids is 3. The number of nitrogens with zero attached hydrogens (tertiary/aromatic N) is 1. The first-order valence-corrected chi connectivity index (χ1v) is 11.1. The number of benzene rings is 1. The van der Waals surface area contributed by atoms with Crippen molar-refractivity contribution in [2.75, 3.05) is 6.54 Å². The maximum Gasteiger partial charge on any atom is 0.326 e. The van der Waals surface area contributed by atoms with E-state index < -0.39 is 47.9 Å². The summed E-state index contributed by atoms with van der Waals surface area (Å²) in [6.45, 7) is 5.64. The first-order valence-electron chi connectivity index (χ1n) is 11.1. The van der Waals surface area contributed by atoms with E-state index in [-0.39, 0.29) is 12.3 Å². The molecular weight excluding hydrogens is 412 g/mol. The molecule has 1 aromatic rings. The third-order valence-electron chi connectivity index (χ3n) is 6.03. The number of nitrogens with one attached hydrogen (secondary N) is 2. The molecule has 3 amide bonds. The normalized spacial score (nSPS) is 19.5. The largest absolute Gasteiger partial charge is 0.480 e. The van der Waals surface area contributed by atoms with Gasteiger partial charge in [0.2, 0.25) is 17.7 Å². The van der Waals surface area contributed by atoms with Crippen molar-refractivity contribution in [2.45, 2.75) is 70.6 Å². The first-order chi connectivity index (χ1) is 15.1. The lowest BCUT2D eigenvalue weighted by molar-refractivity contribution is -0.149. The zero-order valence-corrected chi connectivity index (χ0v) is 18.9. The van der Waals surface area contributed by atoms with E-state index in [2.05, 4.69) is 10.6 Å². The molecule has 32 heavy (non-hydrogen) atoms. The van der Waals surface area contributed by atoms with Crippen molar-refractivity contribution in [3.63, 3.8) is 0 Å². The van der Waals surface area contributed by atoms with E-state index in [1.165, 1.54) is 11.8 Å². The minimum absolute atomic E-state index is 0.0409. The second kappa shape index (κ2) is 11.6. The van der Waals surface area contributed by atoms with Crippen LogP contribution in [-0.2, 0) is 25.6 Å². The van der Waals surface area contributed by atoms with Gasteiger partial charge in [-0.25, -0.2) is 4.79 Å². The number of carbonyl (C=O) groups is 4. The van der Waals surface area contributed by atoms with Crippen molar-refractivity contribution < 1.29 is 24.3 Å². The fourth-order valence-corrected chi connectivity index (χ4v) is 3.72. The highest BCUT2D eigenvalue weighted by atomic mass is 16.4. The first kappa shape index (κ1) is 25.3. The maximum absolute atomic E-state index is 13.2. The van der Waals surface area contributed by atoms with Crippen LogP contribution in [0.15, 0.2) is 30.3 Å². The number of aliphatic carboxylic acids is 1. The molecule has 1 heterocycles. The van der Waals surface area contributed by atoms with Crippen LogP contribution in [0.25, 0.3) is 0 Å². The number of hydrogen-bond donors (Lipinski definition) is 4. The molecule has 0 saturated carbocycles. The second-order valence-corrected chi connectivity index (χ2v) is 8.42. The van der Waals surface area contributed by atoms with Crippen molar-refractivity contribution >= 4 is 23.7 Å². The van der Waals surface area contributed by atoms with Gasteiger partial charge in [0.05, 0.1) is 6.04 Å². The molecule has 1 aliphatic heterocycles. The zero-order valence-electron chi connectivity index (χ0n) is 18.9. The molecule has 5 N–H and O–H groups in total. The summed E-state index contributed by atoms with van der Waals surface area (Å²) in [5.74, 6) is -2.50. The number of carboxylic acid groups (broad SMARTS) is 1. The minimum atomic E-state index is -1.06. The van der Waals surface area contributed by atoms with Crippen LogP contribution in [0.3, 0.4) is 0 Å². The Labute approximate surface area is 188 Å². The molecule has 1 aliphatic rings. The van der Waals surface area contributed by atoms with Gasteiger partial charge in [-0.1, -0.05) is 50.6 Å². The SMILES string of the molecule is CC[C@H](C)[C@H](N)C(=O)N[C@@H](C)C(=O)N[C@@H](Cc1ccccc1)C(=O)N1CCC[C@H]1C(=O)O. The molecule has 0 spiro atoms. The molecule has 2 rings (SSSR count). The second-order valence-electron chi connectivity index (χ2n) is 8.42. The van der Waals surface area contributed by atoms with Gasteiger partial charge in [0.1, 0.15) is 18.1 Å². The molecule has 5 atom stereocenters. The molecule has 0 aromatic heterocycles. The Bertz CT molecular complexity index is 816. The third kappa shape index (κ3) is 6.53. The molecule has 1 aromatic carbocycles. The number of likely N-dealkylation sites (tertiary alicyclic amines) is 1. The Kier molecular flexibility index (Phi) is 9.19. The van der Waals surface area contributed by atoms with Gasteiger partial charge in [0.15, 0.2) is 0 Å². The Morgan fingerprint density at radius 1 is 1.12 bits per heavy atom. The van der Waals surface area contributed by atoms with Crippen molar-refractivity contribution in [2.24, 2.45) is 11.7 Å². The quantitative estimate of drug-likeness (QED) is 0.416. The van der Waals surface area contributed by atoms with Crippen LogP contribution < -0.4 is 16.4 Å². The van der Waals surface area contributed by atoms with Crippen molar-refractivity contribution in [1.82, 2.24) is 15.5 Å². The van der Waals surface area contributed by atoms with E-state index in [0.717, 1.165) is 12.0 Å². The van der Waals surface area contributed by atoms with Crippen molar-refractivity contribution in [1.29, 1.82) is 0 Å². The van der Waals surface area contributed by atoms with Crippen LogP contribution in [0.1, 0.15) is 45.6 Å². The smallest absolute Gasteiger partial charge is 0.326 e. The van der Waals surface area contributed by atoms with Crippen LogP contribution >= 0.6 is 0 Å². The molecule has 176 valence electrons. The number of amides is 3.